The van der Waals surface area contributed by atoms with E-state index in [9.17, 15) is 13.2 Å². The first-order valence-corrected chi connectivity index (χ1v) is 7.57. The Morgan fingerprint density at radius 3 is 2.37 bits per heavy atom. The fraction of sp³-hybridized carbons (Fsp3) is 0.462. The van der Waals surface area contributed by atoms with Crippen LogP contribution in [0.4, 0.5) is 11.4 Å². The summed E-state index contributed by atoms with van der Waals surface area (Å²) in [7, 11) is -3.50. The quantitative estimate of drug-likeness (QED) is 0.827. The van der Waals surface area contributed by atoms with Crippen LogP contribution >= 0.6 is 0 Å². The number of hydrogen-bond acceptors (Lipinski definition) is 4. The number of aryl methyl sites for hydroxylation is 1. The molecular weight excluding hydrogens is 264 g/mol. The molecule has 0 spiro atoms. The summed E-state index contributed by atoms with van der Waals surface area (Å²) in [5.41, 5.74) is 7.44. The van der Waals surface area contributed by atoms with E-state index in [1.54, 1.807) is 45.9 Å². The average molecular weight is 284 g/mol. The lowest BCUT2D eigenvalue weighted by molar-refractivity contribution is -0.113. The van der Waals surface area contributed by atoms with E-state index in [1.807, 2.05) is 0 Å². The molecule has 1 aromatic rings. The number of carbonyl (C=O) groups is 1. The molecule has 5 nitrogen and oxygen atoms in total. The molecule has 0 aliphatic carbocycles. The molecule has 1 aromatic carbocycles. The summed E-state index contributed by atoms with van der Waals surface area (Å²) in [4.78, 5) is 11.8. The predicted molar refractivity (Wildman–Crippen MR) is 77.8 cm³/mol. The third kappa shape index (κ3) is 3.70. The Labute approximate surface area is 114 Å². The molecule has 1 amide bonds. The minimum Gasteiger partial charge on any atom is -0.397 e. The zero-order valence-electron chi connectivity index (χ0n) is 11.6. The van der Waals surface area contributed by atoms with Gasteiger partial charge in [0.05, 0.1) is 16.1 Å². The van der Waals surface area contributed by atoms with Gasteiger partial charge in [-0.2, -0.15) is 0 Å². The van der Waals surface area contributed by atoms with E-state index in [4.69, 9.17) is 5.73 Å². The van der Waals surface area contributed by atoms with Gasteiger partial charge < -0.3 is 11.1 Å². The molecule has 106 valence electrons. The van der Waals surface area contributed by atoms with Gasteiger partial charge in [-0.05, 0) is 39.3 Å². The van der Waals surface area contributed by atoms with Crippen molar-refractivity contribution < 1.29 is 13.2 Å². The maximum atomic E-state index is 11.9. The van der Waals surface area contributed by atoms with Crippen LogP contribution in [-0.2, 0) is 14.6 Å². The molecule has 0 heterocycles. The first-order chi connectivity index (χ1) is 8.54. The van der Waals surface area contributed by atoms with Crippen LogP contribution in [0.25, 0.3) is 0 Å². The van der Waals surface area contributed by atoms with Crippen LogP contribution in [-0.4, -0.2) is 24.8 Å². The lowest BCUT2D eigenvalue weighted by atomic mass is 10.1. The first-order valence-electron chi connectivity index (χ1n) is 5.92. The summed E-state index contributed by atoms with van der Waals surface area (Å²) in [6.45, 7) is 6.50. The maximum Gasteiger partial charge on any atom is 0.239 e. The standard InChI is InChI=1S/C13H20N2O3S/c1-9-6-5-7-10(14)12(9)15-11(16)8-19(17,18)13(2,3)4/h5-7H,8,14H2,1-4H3,(H,15,16). The van der Waals surface area contributed by atoms with Gasteiger partial charge in [0.25, 0.3) is 0 Å². The average Bonchev–Trinajstić information content (AvgIpc) is 2.21. The van der Waals surface area contributed by atoms with Gasteiger partial charge >= 0.3 is 0 Å². The van der Waals surface area contributed by atoms with Gasteiger partial charge in [0.2, 0.25) is 5.91 Å². The fourth-order valence-electron chi connectivity index (χ4n) is 1.43. The van der Waals surface area contributed by atoms with E-state index in [-0.39, 0.29) is 0 Å². The number of hydrogen-bond donors (Lipinski definition) is 2. The van der Waals surface area contributed by atoms with Crippen LogP contribution in [0.1, 0.15) is 26.3 Å². The van der Waals surface area contributed by atoms with Crippen LogP contribution in [0.5, 0.6) is 0 Å². The molecule has 0 radical (unpaired) electrons. The van der Waals surface area contributed by atoms with Crippen molar-refractivity contribution in [3.63, 3.8) is 0 Å². The molecule has 0 bridgehead atoms. The summed E-state index contributed by atoms with van der Waals surface area (Å²) in [6, 6.07) is 5.22. The Kier molecular flexibility index (Phi) is 4.25. The second-order valence-corrected chi connectivity index (χ2v) is 8.20. The summed E-state index contributed by atoms with van der Waals surface area (Å²) >= 11 is 0. The number of rotatable bonds is 3. The lowest BCUT2D eigenvalue weighted by Crippen LogP contribution is -2.35. The van der Waals surface area contributed by atoms with Gasteiger partial charge in [0.15, 0.2) is 9.84 Å². The highest BCUT2D eigenvalue weighted by Gasteiger charge is 2.31. The number of anilines is 2. The Hall–Kier alpha value is -1.56. The Balaban J connectivity index is 2.89. The largest absolute Gasteiger partial charge is 0.397 e. The highest BCUT2D eigenvalue weighted by atomic mass is 32.2. The van der Waals surface area contributed by atoms with Crippen LogP contribution in [0.15, 0.2) is 18.2 Å². The van der Waals surface area contributed by atoms with Crippen molar-refractivity contribution in [2.24, 2.45) is 0 Å². The third-order valence-electron chi connectivity index (χ3n) is 2.82. The van der Waals surface area contributed by atoms with E-state index in [1.165, 1.54) is 0 Å². The fourth-order valence-corrected chi connectivity index (χ4v) is 2.28. The summed E-state index contributed by atoms with van der Waals surface area (Å²) in [6.07, 6.45) is 0. The number of benzene rings is 1. The molecule has 0 saturated heterocycles. The Morgan fingerprint density at radius 2 is 1.89 bits per heavy atom. The highest BCUT2D eigenvalue weighted by molar-refractivity contribution is 7.93. The smallest absolute Gasteiger partial charge is 0.239 e. The van der Waals surface area contributed by atoms with Crippen molar-refractivity contribution in [2.75, 3.05) is 16.8 Å². The van der Waals surface area contributed by atoms with E-state index in [0.717, 1.165) is 5.56 Å². The van der Waals surface area contributed by atoms with Gasteiger partial charge in [0.1, 0.15) is 5.75 Å². The van der Waals surface area contributed by atoms with E-state index < -0.39 is 26.2 Å². The highest BCUT2D eigenvalue weighted by Crippen LogP contribution is 2.23. The van der Waals surface area contributed by atoms with Crippen LogP contribution in [0.3, 0.4) is 0 Å². The van der Waals surface area contributed by atoms with E-state index in [2.05, 4.69) is 5.32 Å². The number of sulfone groups is 1. The topological polar surface area (TPSA) is 89.3 Å². The molecule has 0 aromatic heterocycles. The summed E-state index contributed by atoms with van der Waals surface area (Å²) in [5.74, 6) is -1.12. The van der Waals surface area contributed by atoms with Gasteiger partial charge in [-0.25, -0.2) is 8.42 Å². The minimum atomic E-state index is -3.50. The molecular formula is C13H20N2O3S. The molecule has 0 saturated carbocycles. The Bertz CT molecular complexity index is 566. The SMILES string of the molecule is Cc1cccc(N)c1NC(=O)CS(=O)(=O)C(C)(C)C. The monoisotopic (exact) mass is 284 g/mol. The van der Waals surface area contributed by atoms with Gasteiger partial charge in [-0.1, -0.05) is 12.1 Å². The molecule has 0 unspecified atom stereocenters. The van der Waals surface area contributed by atoms with Gasteiger partial charge in [0, 0.05) is 0 Å². The molecule has 3 N–H and O–H groups in total. The zero-order chi connectivity index (χ0) is 14.8. The summed E-state index contributed by atoms with van der Waals surface area (Å²) < 4.78 is 22.9. The van der Waals surface area contributed by atoms with Crippen molar-refractivity contribution in [1.82, 2.24) is 0 Å². The van der Waals surface area contributed by atoms with Gasteiger partial charge in [-0.3, -0.25) is 4.79 Å². The van der Waals surface area contributed by atoms with Crippen LogP contribution in [0.2, 0.25) is 0 Å². The predicted octanol–water partition coefficient (Wildman–Crippen LogP) is 1.73. The zero-order valence-corrected chi connectivity index (χ0v) is 12.5. The number of nitrogens with one attached hydrogen (secondary N) is 1. The van der Waals surface area contributed by atoms with Crippen LogP contribution < -0.4 is 11.1 Å². The number of nitrogens with two attached hydrogens (primary N) is 1. The number of amides is 1. The maximum absolute atomic E-state index is 11.9. The lowest BCUT2D eigenvalue weighted by Gasteiger charge is -2.19. The van der Waals surface area contributed by atoms with E-state index >= 15 is 0 Å². The minimum absolute atomic E-state index is 0.418. The van der Waals surface area contributed by atoms with Crippen molar-refractivity contribution in [3.05, 3.63) is 23.8 Å². The Morgan fingerprint density at radius 1 is 1.32 bits per heavy atom. The molecule has 6 heteroatoms. The summed E-state index contributed by atoms with van der Waals surface area (Å²) in [5, 5.41) is 2.56. The van der Waals surface area contributed by atoms with Gasteiger partial charge in [-0.15, -0.1) is 0 Å². The number of nitrogen functional groups attached to an aromatic ring is 1. The second-order valence-electron chi connectivity index (χ2n) is 5.46. The molecule has 0 aliphatic rings. The van der Waals surface area contributed by atoms with Crippen molar-refractivity contribution in [2.45, 2.75) is 32.4 Å². The molecule has 0 fully saturated rings. The number of carbonyl (C=O) groups excluding carboxylic acids is 1. The molecule has 0 atom stereocenters. The number of para-hydroxylation sites is 1. The van der Waals surface area contributed by atoms with Crippen LogP contribution in [0, 0.1) is 6.92 Å². The van der Waals surface area contributed by atoms with E-state index in [0.29, 0.717) is 11.4 Å². The first kappa shape index (κ1) is 15.5. The third-order valence-corrected chi connectivity index (χ3v) is 5.33. The molecule has 19 heavy (non-hydrogen) atoms. The van der Waals surface area contributed by atoms with Crippen molar-refractivity contribution in [3.8, 4) is 0 Å². The van der Waals surface area contributed by atoms with Crippen molar-refractivity contribution >= 4 is 27.1 Å². The normalized spacial score (nSPS) is 12.2. The molecule has 0 aliphatic heterocycles. The van der Waals surface area contributed by atoms with Crippen molar-refractivity contribution in [1.29, 1.82) is 0 Å². The second kappa shape index (κ2) is 5.21. The molecule has 1 rings (SSSR count).